The molecule has 0 unspecified atom stereocenters. The lowest BCUT2D eigenvalue weighted by atomic mass is 10.1. The van der Waals surface area contributed by atoms with Crippen LogP contribution < -0.4 is 10.1 Å². The summed E-state index contributed by atoms with van der Waals surface area (Å²) in [6.07, 6.45) is 2.95. The van der Waals surface area contributed by atoms with Crippen LogP contribution >= 0.6 is 0 Å². The van der Waals surface area contributed by atoms with E-state index in [2.05, 4.69) is 20.0 Å². The molecule has 0 amide bonds. The van der Waals surface area contributed by atoms with Crippen LogP contribution in [0.2, 0.25) is 0 Å². The Balaban J connectivity index is 2.39. The summed E-state index contributed by atoms with van der Waals surface area (Å²) in [7, 11) is 1.67. The van der Waals surface area contributed by atoms with E-state index in [1.807, 2.05) is 0 Å². The van der Waals surface area contributed by atoms with Gasteiger partial charge in [0.1, 0.15) is 5.82 Å². The Morgan fingerprint density at radius 3 is 2.74 bits per heavy atom. The monoisotopic (exact) mass is 269 g/mol. The van der Waals surface area contributed by atoms with Crippen molar-refractivity contribution in [1.29, 1.82) is 0 Å². The lowest BCUT2D eigenvalue weighted by Crippen LogP contribution is -2.04. The molecule has 1 aromatic carbocycles. The van der Waals surface area contributed by atoms with E-state index in [1.165, 1.54) is 18.5 Å². The van der Waals surface area contributed by atoms with Gasteiger partial charge in [-0.2, -0.15) is 8.78 Å². The summed E-state index contributed by atoms with van der Waals surface area (Å²) < 4.78 is 41.6. The lowest BCUT2D eigenvalue weighted by Gasteiger charge is -2.08. The number of hydrogen-bond acceptors (Lipinski definition) is 4. The van der Waals surface area contributed by atoms with Gasteiger partial charge in [-0.3, -0.25) is 4.98 Å². The number of nitrogens with zero attached hydrogens (tertiary/aromatic N) is 2. The average Bonchev–Trinajstić information content (AvgIpc) is 2.41. The Kier molecular flexibility index (Phi) is 3.84. The molecule has 0 aliphatic carbocycles. The zero-order valence-electron chi connectivity index (χ0n) is 9.90. The van der Waals surface area contributed by atoms with Crippen LogP contribution in [0.3, 0.4) is 0 Å². The van der Waals surface area contributed by atoms with Crippen molar-refractivity contribution >= 4 is 5.82 Å². The third kappa shape index (κ3) is 3.12. The average molecular weight is 269 g/mol. The van der Waals surface area contributed by atoms with Gasteiger partial charge in [0.2, 0.25) is 0 Å². The maximum absolute atomic E-state index is 13.3. The van der Waals surface area contributed by atoms with E-state index < -0.39 is 18.2 Å². The van der Waals surface area contributed by atoms with Crippen molar-refractivity contribution in [2.24, 2.45) is 0 Å². The van der Waals surface area contributed by atoms with Crippen molar-refractivity contribution in [3.63, 3.8) is 0 Å². The van der Waals surface area contributed by atoms with Gasteiger partial charge in [0.05, 0.1) is 18.1 Å². The number of halogens is 3. The molecule has 0 aliphatic rings. The van der Waals surface area contributed by atoms with Gasteiger partial charge in [0, 0.05) is 12.6 Å². The molecule has 2 rings (SSSR count). The van der Waals surface area contributed by atoms with Gasteiger partial charge in [0.25, 0.3) is 0 Å². The van der Waals surface area contributed by atoms with Crippen molar-refractivity contribution < 1.29 is 17.9 Å². The molecule has 19 heavy (non-hydrogen) atoms. The van der Waals surface area contributed by atoms with Crippen LogP contribution in [0.4, 0.5) is 19.0 Å². The smallest absolute Gasteiger partial charge is 0.387 e. The van der Waals surface area contributed by atoms with Gasteiger partial charge in [-0.1, -0.05) is 0 Å². The zero-order chi connectivity index (χ0) is 13.8. The summed E-state index contributed by atoms with van der Waals surface area (Å²) in [4.78, 5) is 8.11. The molecular formula is C12H10F3N3O. The first-order chi connectivity index (χ1) is 9.10. The number of rotatable bonds is 4. The van der Waals surface area contributed by atoms with Crippen LogP contribution in [0.25, 0.3) is 11.3 Å². The van der Waals surface area contributed by atoms with Gasteiger partial charge in [0.15, 0.2) is 11.6 Å². The van der Waals surface area contributed by atoms with Crippen molar-refractivity contribution in [3.05, 3.63) is 36.4 Å². The zero-order valence-corrected chi connectivity index (χ0v) is 9.90. The molecule has 100 valence electrons. The molecule has 1 heterocycles. The van der Waals surface area contributed by atoms with Crippen molar-refractivity contribution in [1.82, 2.24) is 9.97 Å². The van der Waals surface area contributed by atoms with Crippen LogP contribution in [0.1, 0.15) is 0 Å². The topological polar surface area (TPSA) is 47.0 Å². The molecule has 0 radical (unpaired) electrons. The number of ether oxygens (including phenoxy) is 1. The van der Waals surface area contributed by atoms with Crippen molar-refractivity contribution in [2.45, 2.75) is 6.61 Å². The van der Waals surface area contributed by atoms with E-state index in [4.69, 9.17) is 0 Å². The molecule has 0 aliphatic heterocycles. The van der Waals surface area contributed by atoms with E-state index in [-0.39, 0.29) is 0 Å². The van der Waals surface area contributed by atoms with Crippen LogP contribution in [-0.4, -0.2) is 23.6 Å². The van der Waals surface area contributed by atoms with Crippen LogP contribution in [0.15, 0.2) is 30.6 Å². The third-order valence-corrected chi connectivity index (χ3v) is 2.33. The molecule has 0 bridgehead atoms. The van der Waals surface area contributed by atoms with Gasteiger partial charge in [-0.05, 0) is 18.2 Å². The molecule has 0 spiro atoms. The first-order valence-corrected chi connectivity index (χ1v) is 5.34. The fraction of sp³-hybridized carbons (Fsp3) is 0.167. The fourth-order valence-electron chi connectivity index (χ4n) is 1.47. The molecule has 0 fully saturated rings. The van der Waals surface area contributed by atoms with E-state index in [1.54, 1.807) is 7.05 Å². The predicted octanol–water partition coefficient (Wildman–Crippen LogP) is 2.93. The van der Waals surface area contributed by atoms with Gasteiger partial charge in [-0.25, -0.2) is 9.37 Å². The first-order valence-electron chi connectivity index (χ1n) is 5.34. The second kappa shape index (κ2) is 5.55. The number of nitrogens with one attached hydrogen (secondary N) is 1. The molecular weight excluding hydrogens is 259 g/mol. The highest BCUT2D eigenvalue weighted by atomic mass is 19.3. The Morgan fingerprint density at radius 2 is 2.05 bits per heavy atom. The third-order valence-electron chi connectivity index (χ3n) is 2.33. The molecule has 1 N–H and O–H groups in total. The molecule has 1 aromatic heterocycles. The van der Waals surface area contributed by atoms with Crippen molar-refractivity contribution in [3.8, 4) is 17.0 Å². The number of hydrogen-bond donors (Lipinski definition) is 1. The Morgan fingerprint density at radius 1 is 1.26 bits per heavy atom. The highest BCUT2D eigenvalue weighted by molar-refractivity contribution is 5.62. The largest absolute Gasteiger partial charge is 0.432 e. The van der Waals surface area contributed by atoms with Crippen molar-refractivity contribution in [2.75, 3.05) is 12.4 Å². The summed E-state index contributed by atoms with van der Waals surface area (Å²) in [5, 5.41) is 2.80. The summed E-state index contributed by atoms with van der Waals surface area (Å²) in [5.41, 5.74) is 0.854. The quantitative estimate of drug-likeness (QED) is 0.927. The Bertz CT molecular complexity index is 578. The van der Waals surface area contributed by atoms with Gasteiger partial charge in [-0.15, -0.1) is 0 Å². The second-order valence-electron chi connectivity index (χ2n) is 3.56. The Labute approximate surface area is 107 Å². The fourth-order valence-corrected chi connectivity index (χ4v) is 1.47. The molecule has 0 saturated heterocycles. The van der Waals surface area contributed by atoms with E-state index in [0.29, 0.717) is 17.1 Å². The number of benzene rings is 1. The normalized spacial score (nSPS) is 10.6. The second-order valence-corrected chi connectivity index (χ2v) is 3.56. The molecule has 2 aromatic rings. The summed E-state index contributed by atoms with van der Waals surface area (Å²) in [5.74, 6) is -0.871. The van der Waals surface area contributed by atoms with E-state index in [0.717, 1.165) is 12.1 Å². The molecule has 0 atom stereocenters. The van der Waals surface area contributed by atoms with Crippen LogP contribution in [-0.2, 0) is 0 Å². The summed E-state index contributed by atoms with van der Waals surface area (Å²) in [6, 6.07) is 3.61. The molecule has 7 heteroatoms. The van der Waals surface area contributed by atoms with Crippen LogP contribution in [0, 0.1) is 5.82 Å². The minimum absolute atomic E-state index is 0.422. The number of aromatic nitrogens is 2. The number of alkyl halides is 2. The maximum Gasteiger partial charge on any atom is 0.387 e. The maximum atomic E-state index is 13.3. The highest BCUT2D eigenvalue weighted by Gasteiger charge is 2.12. The standard InChI is InChI=1S/C12H10F3N3O/c1-16-11-6-17-5-9(18-11)7-2-3-8(13)10(4-7)19-12(14)15/h2-6,12H,1H3,(H,16,18). The Hall–Kier alpha value is -2.31. The summed E-state index contributed by atoms with van der Waals surface area (Å²) >= 11 is 0. The number of anilines is 1. The summed E-state index contributed by atoms with van der Waals surface area (Å²) in [6.45, 7) is -3.08. The van der Waals surface area contributed by atoms with E-state index in [9.17, 15) is 13.2 Å². The van der Waals surface area contributed by atoms with Crippen LogP contribution in [0.5, 0.6) is 5.75 Å². The van der Waals surface area contributed by atoms with E-state index >= 15 is 0 Å². The molecule has 4 nitrogen and oxygen atoms in total. The van der Waals surface area contributed by atoms with Gasteiger partial charge < -0.3 is 10.1 Å². The lowest BCUT2D eigenvalue weighted by molar-refractivity contribution is -0.0521. The minimum atomic E-state index is -3.08. The highest BCUT2D eigenvalue weighted by Crippen LogP contribution is 2.26. The SMILES string of the molecule is CNc1cncc(-c2ccc(F)c(OC(F)F)c2)n1. The molecule has 0 saturated carbocycles. The first kappa shape index (κ1) is 13.1. The van der Waals surface area contributed by atoms with Gasteiger partial charge >= 0.3 is 6.61 Å². The predicted molar refractivity (Wildman–Crippen MR) is 63.6 cm³/mol. The minimum Gasteiger partial charge on any atom is -0.432 e.